The Hall–Kier alpha value is -1.13. The summed E-state index contributed by atoms with van der Waals surface area (Å²) in [7, 11) is 0. The summed E-state index contributed by atoms with van der Waals surface area (Å²) >= 11 is 3.26. The maximum atomic E-state index is 13.3. The molecule has 0 bridgehead atoms. The molecule has 0 saturated heterocycles. The zero-order chi connectivity index (χ0) is 12.4. The third-order valence-corrected chi connectivity index (χ3v) is 3.57. The van der Waals surface area contributed by atoms with Crippen molar-refractivity contribution in [3.63, 3.8) is 0 Å². The normalized spacial score (nSPS) is 12.7. The van der Waals surface area contributed by atoms with Gasteiger partial charge in [-0.25, -0.2) is 4.39 Å². The number of aromatic nitrogens is 1. The lowest BCUT2D eigenvalue weighted by atomic mass is 10.2. The smallest absolute Gasteiger partial charge is 0.137 e. The molecular formula is C13H14BrFN2. The van der Waals surface area contributed by atoms with E-state index in [1.165, 1.54) is 6.07 Å². The number of benzene rings is 1. The molecule has 90 valence electrons. The van der Waals surface area contributed by atoms with Gasteiger partial charge in [0.05, 0.1) is 4.47 Å². The summed E-state index contributed by atoms with van der Waals surface area (Å²) < 4.78 is 15.9. The van der Waals surface area contributed by atoms with Gasteiger partial charge in [0.15, 0.2) is 0 Å². The Morgan fingerprint density at radius 1 is 1.41 bits per heavy atom. The second kappa shape index (κ2) is 5.02. The average Bonchev–Trinajstić information content (AvgIpc) is 2.73. The second-order valence-corrected chi connectivity index (χ2v) is 4.91. The molecule has 1 heterocycles. The number of rotatable bonds is 3. The third kappa shape index (κ3) is 2.76. The van der Waals surface area contributed by atoms with Crippen LogP contribution in [0.5, 0.6) is 0 Å². The van der Waals surface area contributed by atoms with E-state index in [1.807, 2.05) is 36.0 Å². The topological polar surface area (TPSA) is 30.9 Å². The molecule has 0 aliphatic carbocycles. The predicted octanol–water partition coefficient (Wildman–Crippen LogP) is 3.46. The Bertz CT molecular complexity index is 520. The molecule has 0 aliphatic rings. The van der Waals surface area contributed by atoms with Crippen molar-refractivity contribution in [1.82, 2.24) is 4.57 Å². The van der Waals surface area contributed by atoms with Crippen molar-refractivity contribution in [2.45, 2.75) is 19.5 Å². The van der Waals surface area contributed by atoms with Gasteiger partial charge in [-0.05, 0) is 46.1 Å². The van der Waals surface area contributed by atoms with Gasteiger partial charge < -0.3 is 10.3 Å². The molecule has 1 unspecified atom stereocenters. The summed E-state index contributed by atoms with van der Waals surface area (Å²) in [6, 6.07) is 7.06. The molecule has 4 heteroatoms. The third-order valence-electron chi connectivity index (χ3n) is 2.68. The van der Waals surface area contributed by atoms with Crippen molar-refractivity contribution in [3.8, 4) is 0 Å². The molecule has 0 amide bonds. The highest BCUT2D eigenvalue weighted by Crippen LogP contribution is 2.22. The molecule has 2 rings (SSSR count). The highest BCUT2D eigenvalue weighted by molar-refractivity contribution is 9.10. The number of hydrogen-bond acceptors (Lipinski definition) is 1. The molecule has 1 aromatic carbocycles. The minimum Gasteiger partial charge on any atom is -0.350 e. The monoisotopic (exact) mass is 296 g/mol. The van der Waals surface area contributed by atoms with Crippen LogP contribution in [-0.4, -0.2) is 4.57 Å². The van der Waals surface area contributed by atoms with Gasteiger partial charge in [-0.3, -0.25) is 0 Å². The Morgan fingerprint density at radius 2 is 2.18 bits per heavy atom. The van der Waals surface area contributed by atoms with Crippen LogP contribution >= 0.6 is 15.9 Å². The van der Waals surface area contributed by atoms with Crippen LogP contribution in [0.2, 0.25) is 0 Å². The molecular weight excluding hydrogens is 283 g/mol. The van der Waals surface area contributed by atoms with Gasteiger partial charge in [-0.15, -0.1) is 0 Å². The first-order valence-electron chi connectivity index (χ1n) is 5.42. The van der Waals surface area contributed by atoms with Gasteiger partial charge in [0.1, 0.15) is 5.82 Å². The lowest BCUT2D eigenvalue weighted by Gasteiger charge is -2.07. The lowest BCUT2D eigenvalue weighted by molar-refractivity contribution is 0.616. The fourth-order valence-corrected chi connectivity index (χ4v) is 2.08. The second-order valence-electron chi connectivity index (χ2n) is 4.12. The molecule has 0 spiro atoms. The van der Waals surface area contributed by atoms with Gasteiger partial charge in [0.2, 0.25) is 0 Å². The van der Waals surface area contributed by atoms with Crippen LogP contribution in [0.3, 0.4) is 0 Å². The van der Waals surface area contributed by atoms with Crippen molar-refractivity contribution < 1.29 is 4.39 Å². The van der Waals surface area contributed by atoms with Crippen LogP contribution in [0, 0.1) is 5.82 Å². The van der Waals surface area contributed by atoms with Gasteiger partial charge in [-0.1, -0.05) is 12.1 Å². The minimum absolute atomic E-state index is 0.0206. The molecule has 2 nitrogen and oxygen atoms in total. The average molecular weight is 297 g/mol. The van der Waals surface area contributed by atoms with Crippen molar-refractivity contribution >= 4 is 15.9 Å². The zero-order valence-corrected chi connectivity index (χ0v) is 11.1. The number of nitrogens with zero attached hydrogens (tertiary/aromatic N) is 1. The summed E-state index contributed by atoms with van der Waals surface area (Å²) in [5.41, 5.74) is 7.79. The molecule has 2 N–H and O–H groups in total. The quantitative estimate of drug-likeness (QED) is 0.924. The van der Waals surface area contributed by atoms with E-state index in [2.05, 4.69) is 15.9 Å². The van der Waals surface area contributed by atoms with Gasteiger partial charge in [-0.2, -0.15) is 0 Å². The standard InChI is InChI=1S/C13H14BrFN2/c1-9(16)10-5-6-17(7-10)8-11-3-2-4-12(15)13(11)14/h2-7,9H,8,16H2,1H3. The van der Waals surface area contributed by atoms with Crippen LogP contribution in [0.1, 0.15) is 24.1 Å². The van der Waals surface area contributed by atoms with E-state index < -0.39 is 0 Å². The molecule has 2 aromatic rings. The van der Waals surface area contributed by atoms with E-state index in [1.54, 1.807) is 6.07 Å². The molecule has 17 heavy (non-hydrogen) atoms. The first-order chi connectivity index (χ1) is 8.08. The first-order valence-corrected chi connectivity index (χ1v) is 6.21. The Morgan fingerprint density at radius 3 is 2.82 bits per heavy atom. The fourth-order valence-electron chi connectivity index (χ4n) is 1.69. The van der Waals surface area contributed by atoms with Crippen molar-refractivity contribution in [2.24, 2.45) is 5.73 Å². The van der Waals surface area contributed by atoms with Gasteiger partial charge in [0, 0.05) is 25.0 Å². The molecule has 1 aromatic heterocycles. The van der Waals surface area contributed by atoms with E-state index >= 15 is 0 Å². The van der Waals surface area contributed by atoms with E-state index in [0.717, 1.165) is 11.1 Å². The maximum Gasteiger partial charge on any atom is 0.137 e. The SMILES string of the molecule is CC(N)c1ccn(Cc2cccc(F)c2Br)c1. The highest BCUT2D eigenvalue weighted by Gasteiger charge is 2.07. The summed E-state index contributed by atoms with van der Waals surface area (Å²) in [6.45, 7) is 2.57. The molecule has 0 aliphatic heterocycles. The summed E-state index contributed by atoms with van der Waals surface area (Å²) in [6.07, 6.45) is 3.94. The number of halogens is 2. The van der Waals surface area contributed by atoms with E-state index in [9.17, 15) is 4.39 Å². The summed E-state index contributed by atoms with van der Waals surface area (Å²) in [4.78, 5) is 0. The number of nitrogens with two attached hydrogens (primary N) is 1. The van der Waals surface area contributed by atoms with Gasteiger partial charge in [0.25, 0.3) is 0 Å². The van der Waals surface area contributed by atoms with Crippen molar-refractivity contribution in [3.05, 3.63) is 58.1 Å². The van der Waals surface area contributed by atoms with Crippen LogP contribution in [0.15, 0.2) is 41.1 Å². The Labute approximate surface area is 108 Å². The highest BCUT2D eigenvalue weighted by atomic mass is 79.9. The molecule has 1 atom stereocenters. The van der Waals surface area contributed by atoms with E-state index in [4.69, 9.17) is 5.73 Å². The zero-order valence-electron chi connectivity index (χ0n) is 9.53. The fraction of sp³-hybridized carbons (Fsp3) is 0.231. The summed E-state index contributed by atoms with van der Waals surface area (Å²) in [5, 5.41) is 0. The van der Waals surface area contributed by atoms with Crippen molar-refractivity contribution in [2.75, 3.05) is 0 Å². The van der Waals surface area contributed by atoms with Crippen molar-refractivity contribution in [1.29, 1.82) is 0 Å². The maximum absolute atomic E-state index is 13.3. The molecule has 0 saturated carbocycles. The lowest BCUT2D eigenvalue weighted by Crippen LogP contribution is -2.04. The van der Waals surface area contributed by atoms with Crippen LogP contribution in [0.4, 0.5) is 4.39 Å². The van der Waals surface area contributed by atoms with E-state index in [-0.39, 0.29) is 11.9 Å². The number of hydrogen-bond donors (Lipinski definition) is 1. The van der Waals surface area contributed by atoms with Crippen LogP contribution < -0.4 is 5.73 Å². The summed E-state index contributed by atoms with van der Waals surface area (Å²) in [5.74, 6) is -0.234. The minimum atomic E-state index is -0.234. The van der Waals surface area contributed by atoms with E-state index in [0.29, 0.717) is 11.0 Å². The largest absolute Gasteiger partial charge is 0.350 e. The predicted molar refractivity (Wildman–Crippen MR) is 70.2 cm³/mol. The molecule has 0 fully saturated rings. The van der Waals surface area contributed by atoms with Gasteiger partial charge >= 0.3 is 0 Å². The first kappa shape index (κ1) is 12.3. The molecule has 0 radical (unpaired) electrons. The Balaban J connectivity index is 2.22. The van der Waals surface area contributed by atoms with Crippen LogP contribution in [0.25, 0.3) is 0 Å². The van der Waals surface area contributed by atoms with Crippen LogP contribution in [-0.2, 0) is 6.54 Å². The Kier molecular flexibility index (Phi) is 3.64.